The zero-order chi connectivity index (χ0) is 13.3. The van der Waals surface area contributed by atoms with Crippen LogP contribution < -0.4 is 5.43 Å². The van der Waals surface area contributed by atoms with Gasteiger partial charge in [-0.05, 0) is 17.7 Å². The number of benzene rings is 1. The number of nitrogens with zero attached hydrogens (tertiary/aromatic N) is 1. The van der Waals surface area contributed by atoms with Gasteiger partial charge in [-0.25, -0.2) is 5.43 Å². The lowest BCUT2D eigenvalue weighted by atomic mass is 10.2. The van der Waals surface area contributed by atoms with E-state index in [0.717, 1.165) is 11.4 Å². The van der Waals surface area contributed by atoms with Crippen molar-refractivity contribution in [3.8, 4) is 0 Å². The Morgan fingerprint density at radius 3 is 2.84 bits per heavy atom. The number of H-pyrrole nitrogens is 1. The Morgan fingerprint density at radius 1 is 1.26 bits per heavy atom. The molecule has 2 N–H and O–H groups in total. The summed E-state index contributed by atoms with van der Waals surface area (Å²) in [5.74, 6) is 1.13. The van der Waals surface area contributed by atoms with Crippen LogP contribution in [0, 0.1) is 0 Å². The normalized spacial score (nSPS) is 10.7. The first-order chi connectivity index (χ1) is 9.34. The molecule has 2 rings (SSSR count). The van der Waals surface area contributed by atoms with Gasteiger partial charge in [0.05, 0.1) is 17.7 Å². The summed E-state index contributed by atoms with van der Waals surface area (Å²) in [6.45, 7) is 0. The van der Waals surface area contributed by atoms with Crippen molar-refractivity contribution in [3.05, 3.63) is 59.9 Å². The summed E-state index contributed by atoms with van der Waals surface area (Å²) in [6, 6.07) is 13.8. The molecule has 0 atom stereocenters. The Morgan fingerprint density at radius 2 is 2.11 bits per heavy atom. The molecule has 98 valence electrons. The van der Waals surface area contributed by atoms with Gasteiger partial charge in [-0.3, -0.25) is 4.79 Å². The summed E-state index contributed by atoms with van der Waals surface area (Å²) < 4.78 is 0. The van der Waals surface area contributed by atoms with Crippen molar-refractivity contribution in [2.24, 2.45) is 5.10 Å². The lowest BCUT2D eigenvalue weighted by Gasteiger charge is -2.00. The lowest BCUT2D eigenvalue weighted by Crippen LogP contribution is -2.19. The fraction of sp³-hybridized carbons (Fsp3) is 0.143. The zero-order valence-corrected chi connectivity index (χ0v) is 11.2. The highest BCUT2D eigenvalue weighted by Gasteiger charge is 2.00. The van der Waals surface area contributed by atoms with E-state index in [1.165, 1.54) is 5.56 Å². The summed E-state index contributed by atoms with van der Waals surface area (Å²) in [5, 5.41) is 3.87. The summed E-state index contributed by atoms with van der Waals surface area (Å²) in [7, 11) is 0. The summed E-state index contributed by atoms with van der Waals surface area (Å²) in [4.78, 5) is 14.5. The minimum atomic E-state index is -0.0938. The molecule has 2 aromatic rings. The number of aromatic amines is 1. The first-order valence-electron chi connectivity index (χ1n) is 5.91. The predicted octanol–water partition coefficient (Wildman–Crippen LogP) is 2.40. The van der Waals surface area contributed by atoms with E-state index >= 15 is 0 Å². The Kier molecular flexibility index (Phi) is 5.25. The predicted molar refractivity (Wildman–Crippen MR) is 79.1 cm³/mol. The van der Waals surface area contributed by atoms with Crippen LogP contribution in [0.3, 0.4) is 0 Å². The van der Waals surface area contributed by atoms with Crippen LogP contribution in [-0.2, 0) is 10.5 Å². The van der Waals surface area contributed by atoms with Crippen molar-refractivity contribution in [2.75, 3.05) is 5.75 Å². The average molecular weight is 273 g/mol. The second kappa shape index (κ2) is 7.43. The van der Waals surface area contributed by atoms with Crippen molar-refractivity contribution in [2.45, 2.75) is 5.75 Å². The summed E-state index contributed by atoms with van der Waals surface area (Å²) in [5.41, 5.74) is 4.57. The molecule has 19 heavy (non-hydrogen) atoms. The fourth-order valence-electron chi connectivity index (χ4n) is 1.47. The first-order valence-corrected chi connectivity index (χ1v) is 7.07. The van der Waals surface area contributed by atoms with Gasteiger partial charge in [-0.2, -0.15) is 5.10 Å². The minimum Gasteiger partial charge on any atom is -0.360 e. The Balaban J connectivity index is 1.65. The number of thioether (sulfide) groups is 1. The number of hydrogen-bond donors (Lipinski definition) is 2. The molecule has 0 aliphatic heterocycles. The van der Waals surface area contributed by atoms with E-state index in [4.69, 9.17) is 0 Å². The largest absolute Gasteiger partial charge is 0.360 e. The highest BCUT2D eigenvalue weighted by Crippen LogP contribution is 2.10. The number of hydrogen-bond acceptors (Lipinski definition) is 3. The number of rotatable bonds is 6. The van der Waals surface area contributed by atoms with E-state index in [1.807, 2.05) is 42.5 Å². The van der Waals surface area contributed by atoms with Crippen LogP contribution in [0.15, 0.2) is 53.8 Å². The molecule has 0 bridgehead atoms. The molecule has 1 heterocycles. The van der Waals surface area contributed by atoms with Crippen LogP contribution in [-0.4, -0.2) is 22.9 Å². The average Bonchev–Trinajstić information content (AvgIpc) is 2.93. The number of nitrogens with one attached hydrogen (secondary N) is 2. The third kappa shape index (κ3) is 5.01. The molecule has 0 saturated heterocycles. The van der Waals surface area contributed by atoms with Crippen LogP contribution in [0.2, 0.25) is 0 Å². The number of aromatic nitrogens is 1. The van der Waals surface area contributed by atoms with E-state index in [0.29, 0.717) is 5.75 Å². The van der Waals surface area contributed by atoms with Crippen LogP contribution in [0.1, 0.15) is 11.3 Å². The van der Waals surface area contributed by atoms with Crippen LogP contribution in [0.25, 0.3) is 0 Å². The quantitative estimate of drug-likeness (QED) is 0.627. The van der Waals surface area contributed by atoms with Gasteiger partial charge < -0.3 is 4.98 Å². The third-order valence-corrected chi connectivity index (χ3v) is 3.36. The van der Waals surface area contributed by atoms with E-state index in [9.17, 15) is 4.79 Å². The lowest BCUT2D eigenvalue weighted by molar-refractivity contribution is -0.118. The zero-order valence-electron chi connectivity index (χ0n) is 10.4. The van der Waals surface area contributed by atoms with Crippen LogP contribution >= 0.6 is 11.8 Å². The van der Waals surface area contributed by atoms with E-state index in [1.54, 1.807) is 24.2 Å². The van der Waals surface area contributed by atoms with Crippen molar-refractivity contribution in [1.82, 2.24) is 10.4 Å². The molecular weight excluding hydrogens is 258 g/mol. The van der Waals surface area contributed by atoms with E-state index in [2.05, 4.69) is 15.5 Å². The Labute approximate surface area is 116 Å². The molecular formula is C14H15N3OS. The van der Waals surface area contributed by atoms with Crippen molar-refractivity contribution >= 4 is 23.9 Å². The van der Waals surface area contributed by atoms with Crippen LogP contribution in [0.4, 0.5) is 0 Å². The summed E-state index contributed by atoms with van der Waals surface area (Å²) >= 11 is 1.57. The molecule has 1 aromatic carbocycles. The molecule has 0 fully saturated rings. The van der Waals surface area contributed by atoms with E-state index in [-0.39, 0.29) is 5.91 Å². The van der Waals surface area contributed by atoms with Gasteiger partial charge >= 0.3 is 0 Å². The molecule has 5 heteroatoms. The van der Waals surface area contributed by atoms with Gasteiger partial charge in [0.2, 0.25) is 5.91 Å². The maximum atomic E-state index is 11.5. The number of amides is 1. The molecule has 0 unspecified atom stereocenters. The fourth-order valence-corrected chi connectivity index (χ4v) is 2.25. The smallest absolute Gasteiger partial charge is 0.250 e. The molecule has 0 saturated carbocycles. The number of carbonyl (C=O) groups is 1. The third-order valence-electron chi connectivity index (χ3n) is 2.36. The number of carbonyl (C=O) groups excluding carboxylic acids is 1. The highest BCUT2D eigenvalue weighted by atomic mass is 32.2. The SMILES string of the molecule is O=C(CSCc1ccccc1)N/N=C\c1ccc[nH]1. The monoisotopic (exact) mass is 273 g/mol. The van der Waals surface area contributed by atoms with Gasteiger partial charge in [-0.15, -0.1) is 11.8 Å². The van der Waals surface area contributed by atoms with E-state index < -0.39 is 0 Å². The standard InChI is InChI=1S/C14H15N3OS/c18-14(17-16-9-13-7-4-8-15-13)11-19-10-12-5-2-1-3-6-12/h1-9,15H,10-11H2,(H,17,18)/b16-9-. The molecule has 0 spiro atoms. The highest BCUT2D eigenvalue weighted by molar-refractivity contribution is 7.99. The molecule has 0 aliphatic rings. The molecule has 1 amide bonds. The van der Waals surface area contributed by atoms with Crippen molar-refractivity contribution in [3.63, 3.8) is 0 Å². The second-order valence-corrected chi connectivity index (χ2v) is 4.88. The van der Waals surface area contributed by atoms with Gasteiger partial charge in [0.1, 0.15) is 0 Å². The van der Waals surface area contributed by atoms with Gasteiger partial charge in [0, 0.05) is 11.9 Å². The maximum absolute atomic E-state index is 11.5. The topological polar surface area (TPSA) is 57.2 Å². The van der Waals surface area contributed by atoms with Gasteiger partial charge in [0.25, 0.3) is 0 Å². The Hall–Kier alpha value is -2.01. The second-order valence-electron chi connectivity index (χ2n) is 3.90. The molecule has 0 aliphatic carbocycles. The minimum absolute atomic E-state index is 0.0938. The van der Waals surface area contributed by atoms with Gasteiger partial charge in [-0.1, -0.05) is 30.3 Å². The Bertz CT molecular complexity index is 523. The maximum Gasteiger partial charge on any atom is 0.250 e. The first kappa shape index (κ1) is 13.4. The molecule has 4 nitrogen and oxygen atoms in total. The van der Waals surface area contributed by atoms with Crippen LogP contribution in [0.5, 0.6) is 0 Å². The molecule has 0 radical (unpaired) electrons. The summed E-state index contributed by atoms with van der Waals surface area (Å²) in [6.07, 6.45) is 3.39. The number of hydrazone groups is 1. The van der Waals surface area contributed by atoms with Crippen molar-refractivity contribution < 1.29 is 4.79 Å². The van der Waals surface area contributed by atoms with Gasteiger partial charge in [0.15, 0.2) is 0 Å². The van der Waals surface area contributed by atoms with Crippen molar-refractivity contribution in [1.29, 1.82) is 0 Å². The molecule has 1 aromatic heterocycles.